The summed E-state index contributed by atoms with van der Waals surface area (Å²) in [6, 6.07) is 8.97. The third kappa shape index (κ3) is 4.56. The lowest BCUT2D eigenvalue weighted by Gasteiger charge is -2.44. The van der Waals surface area contributed by atoms with Gasteiger partial charge in [-0.1, -0.05) is 5.57 Å². The summed E-state index contributed by atoms with van der Waals surface area (Å²) in [6.45, 7) is 1.20. The lowest BCUT2D eigenvalue weighted by atomic mass is 9.66. The van der Waals surface area contributed by atoms with Crippen molar-refractivity contribution < 1.29 is 35.2 Å². The third-order valence-electron chi connectivity index (χ3n) is 7.43. The number of benzene rings is 2. The lowest BCUT2D eigenvalue weighted by molar-refractivity contribution is -0.137. The number of carbonyl (C=O) groups excluding carboxylic acids is 1. The van der Waals surface area contributed by atoms with Crippen molar-refractivity contribution in [2.24, 2.45) is 5.41 Å². The number of rotatable bonds is 5. The molecule has 0 spiro atoms. The van der Waals surface area contributed by atoms with Crippen molar-refractivity contribution in [2.75, 3.05) is 13.1 Å². The number of alkyl halides is 3. The first-order valence-corrected chi connectivity index (χ1v) is 13.9. The molecule has 14 heteroatoms. The van der Waals surface area contributed by atoms with Crippen molar-refractivity contribution in [1.82, 2.24) is 24.3 Å². The molecule has 2 aromatic heterocycles. The fraction of sp³-hybridized carbons (Fsp3) is 0.259. The zero-order valence-electron chi connectivity index (χ0n) is 21.4. The number of ketones is 1. The van der Waals surface area contributed by atoms with E-state index in [9.17, 15) is 30.8 Å². The van der Waals surface area contributed by atoms with Gasteiger partial charge in [0.15, 0.2) is 0 Å². The van der Waals surface area contributed by atoms with Crippen LogP contribution in [0.5, 0.6) is 0 Å². The number of fused-ring (bicyclic) bond motifs is 2. The second-order valence-electron chi connectivity index (χ2n) is 9.94. The van der Waals surface area contributed by atoms with Crippen LogP contribution in [-0.4, -0.2) is 51.6 Å². The van der Waals surface area contributed by atoms with Crippen molar-refractivity contribution in [3.8, 4) is 5.69 Å². The van der Waals surface area contributed by atoms with E-state index in [-0.39, 0.29) is 42.6 Å². The molecule has 0 N–H and O–H groups in total. The van der Waals surface area contributed by atoms with Crippen molar-refractivity contribution >= 4 is 21.9 Å². The van der Waals surface area contributed by atoms with Crippen LogP contribution in [0.2, 0.25) is 0 Å². The number of hydrogen-bond donors (Lipinski definition) is 0. The topological polar surface area (TPSA) is 111 Å². The summed E-state index contributed by atoms with van der Waals surface area (Å²) in [4.78, 5) is 13.7. The minimum Gasteiger partial charge on any atom is -0.419 e. The molecule has 6 rings (SSSR count). The summed E-state index contributed by atoms with van der Waals surface area (Å²) >= 11 is 0. The molecule has 1 saturated heterocycles. The zero-order valence-corrected chi connectivity index (χ0v) is 22.2. The molecular weight excluding hydrogens is 566 g/mol. The standard InChI is InChI=1S/C27H21F4N5O4S/c1-16-33-34-25(40-16)24(37)26-13-17-14-32-36(21-6-4-20(28)5-7-21)23(17)12-19(26)10-11-35(15-26)41(38,39)22-8-2-18(3-9-22)27(29,30)31/h2-9,12,14H,10-11,13,15H2,1H3. The molecule has 2 aliphatic rings. The zero-order chi connectivity index (χ0) is 29.2. The van der Waals surface area contributed by atoms with E-state index in [1.165, 1.54) is 19.1 Å². The molecule has 0 amide bonds. The van der Waals surface area contributed by atoms with E-state index in [1.807, 2.05) is 0 Å². The highest BCUT2D eigenvalue weighted by atomic mass is 32.2. The van der Waals surface area contributed by atoms with Crippen LogP contribution < -0.4 is 0 Å². The molecular formula is C27H21F4N5O4S. The summed E-state index contributed by atoms with van der Waals surface area (Å²) in [6.07, 6.45) is -1.09. The summed E-state index contributed by atoms with van der Waals surface area (Å²) in [5.41, 5.74) is 0.107. The predicted octanol–water partition coefficient (Wildman–Crippen LogP) is 4.63. The Labute approximate surface area is 231 Å². The van der Waals surface area contributed by atoms with E-state index in [1.54, 1.807) is 29.1 Å². The molecule has 3 heterocycles. The van der Waals surface area contributed by atoms with E-state index in [0.717, 1.165) is 16.4 Å². The Hall–Kier alpha value is -4.17. The van der Waals surface area contributed by atoms with Gasteiger partial charge in [-0.3, -0.25) is 4.79 Å². The quantitative estimate of drug-likeness (QED) is 0.247. The van der Waals surface area contributed by atoms with E-state index < -0.39 is 38.8 Å². The maximum atomic E-state index is 14.0. The van der Waals surface area contributed by atoms with Crippen molar-refractivity contribution in [2.45, 2.75) is 30.8 Å². The van der Waals surface area contributed by atoms with Crippen LogP contribution in [0.3, 0.4) is 0 Å². The number of carbonyl (C=O) groups is 1. The molecule has 41 heavy (non-hydrogen) atoms. The Morgan fingerprint density at radius 1 is 1.05 bits per heavy atom. The Morgan fingerprint density at radius 2 is 1.76 bits per heavy atom. The number of hydrogen-bond acceptors (Lipinski definition) is 7. The summed E-state index contributed by atoms with van der Waals surface area (Å²) in [5, 5.41) is 12.1. The first-order valence-electron chi connectivity index (χ1n) is 12.4. The Balaban J connectivity index is 1.41. The fourth-order valence-corrected chi connectivity index (χ4v) is 6.87. The van der Waals surface area contributed by atoms with Gasteiger partial charge in [-0.2, -0.15) is 22.6 Å². The summed E-state index contributed by atoms with van der Waals surface area (Å²) in [7, 11) is -4.28. The van der Waals surface area contributed by atoms with Gasteiger partial charge in [0.05, 0.1) is 33.5 Å². The van der Waals surface area contributed by atoms with Gasteiger partial charge in [-0.15, -0.1) is 10.2 Å². The van der Waals surface area contributed by atoms with E-state index >= 15 is 0 Å². The molecule has 9 nitrogen and oxygen atoms in total. The minimum atomic E-state index is -4.62. The van der Waals surface area contributed by atoms with Crippen LogP contribution in [-0.2, 0) is 22.6 Å². The Bertz CT molecular complexity index is 1790. The number of sulfonamides is 1. The normalized spacial score (nSPS) is 19.4. The smallest absolute Gasteiger partial charge is 0.416 e. The average Bonchev–Trinajstić information content (AvgIpc) is 3.56. The number of aryl methyl sites for hydroxylation is 1. The summed E-state index contributed by atoms with van der Waals surface area (Å²) in [5.74, 6) is -1.11. The van der Waals surface area contributed by atoms with E-state index in [2.05, 4.69) is 15.3 Å². The van der Waals surface area contributed by atoms with E-state index in [4.69, 9.17) is 4.42 Å². The molecule has 1 aliphatic heterocycles. The number of nitrogens with zero attached hydrogens (tertiary/aromatic N) is 5. The fourth-order valence-electron chi connectivity index (χ4n) is 5.37. The monoisotopic (exact) mass is 587 g/mol. The Kier molecular flexibility index (Phi) is 6.23. The van der Waals surface area contributed by atoms with Gasteiger partial charge in [0.1, 0.15) is 5.82 Å². The second-order valence-corrected chi connectivity index (χ2v) is 11.9. The molecule has 212 valence electrons. The number of piperidine rings is 1. The molecule has 4 aromatic rings. The molecule has 1 unspecified atom stereocenters. The Morgan fingerprint density at radius 3 is 2.39 bits per heavy atom. The molecule has 0 radical (unpaired) electrons. The first-order chi connectivity index (χ1) is 19.4. The van der Waals surface area contributed by atoms with Crippen LogP contribution in [0.1, 0.15) is 39.8 Å². The minimum absolute atomic E-state index is 0.0207. The first kappa shape index (κ1) is 27.0. The number of halogens is 4. The van der Waals surface area contributed by atoms with Gasteiger partial charge in [0.25, 0.3) is 5.89 Å². The molecule has 0 bridgehead atoms. The number of aromatic nitrogens is 4. The summed E-state index contributed by atoms with van der Waals surface area (Å²) < 4.78 is 88.1. The molecule has 1 fully saturated rings. The highest BCUT2D eigenvalue weighted by Crippen LogP contribution is 2.47. The van der Waals surface area contributed by atoms with Crippen molar-refractivity contribution in [3.05, 3.63) is 94.7 Å². The van der Waals surface area contributed by atoms with Gasteiger partial charge < -0.3 is 4.42 Å². The third-order valence-corrected chi connectivity index (χ3v) is 9.29. The average molecular weight is 588 g/mol. The lowest BCUT2D eigenvalue weighted by Crippen LogP contribution is -2.53. The highest BCUT2D eigenvalue weighted by Gasteiger charge is 2.52. The van der Waals surface area contributed by atoms with Crippen LogP contribution >= 0.6 is 0 Å². The maximum Gasteiger partial charge on any atom is 0.416 e. The molecule has 1 aliphatic carbocycles. The highest BCUT2D eigenvalue weighted by molar-refractivity contribution is 7.89. The van der Waals surface area contributed by atoms with Crippen LogP contribution in [0.15, 0.2) is 69.6 Å². The van der Waals surface area contributed by atoms with Crippen molar-refractivity contribution in [1.29, 1.82) is 0 Å². The van der Waals surface area contributed by atoms with Crippen LogP contribution in [0.25, 0.3) is 11.8 Å². The van der Waals surface area contributed by atoms with Gasteiger partial charge in [-0.25, -0.2) is 17.5 Å². The predicted molar refractivity (Wildman–Crippen MR) is 136 cm³/mol. The van der Waals surface area contributed by atoms with Crippen LogP contribution in [0, 0.1) is 18.2 Å². The molecule has 2 aromatic carbocycles. The molecule has 0 saturated carbocycles. The van der Waals surface area contributed by atoms with Gasteiger partial charge in [0.2, 0.25) is 21.7 Å². The van der Waals surface area contributed by atoms with Crippen molar-refractivity contribution in [3.63, 3.8) is 0 Å². The SMILES string of the molecule is Cc1nnc(C(=O)C23Cc4cnn(-c5ccc(F)cc5)c4C=C2CCN(S(=O)(=O)c2ccc(C(F)(F)F)cc2)C3)o1. The van der Waals surface area contributed by atoms with Gasteiger partial charge in [0, 0.05) is 20.0 Å². The molecule has 1 atom stereocenters. The van der Waals surface area contributed by atoms with Gasteiger partial charge >= 0.3 is 6.18 Å². The largest absolute Gasteiger partial charge is 0.419 e. The number of Topliss-reactive ketones (excluding diaryl/α,β-unsaturated/α-hetero) is 1. The van der Waals surface area contributed by atoms with E-state index in [0.29, 0.717) is 34.7 Å². The second kappa shape index (κ2) is 9.45. The van der Waals surface area contributed by atoms with Crippen LogP contribution in [0.4, 0.5) is 17.6 Å². The maximum absolute atomic E-state index is 14.0. The van der Waals surface area contributed by atoms with Gasteiger partial charge in [-0.05, 0) is 73.0 Å².